The van der Waals surface area contributed by atoms with E-state index in [1.807, 2.05) is 0 Å². The molecule has 4 heteroatoms. The van der Waals surface area contributed by atoms with Gasteiger partial charge in [0.1, 0.15) is 11.6 Å². The lowest BCUT2D eigenvalue weighted by Gasteiger charge is -2.10. The second kappa shape index (κ2) is 7.59. The van der Waals surface area contributed by atoms with Crippen LogP contribution < -0.4 is 10.1 Å². The summed E-state index contributed by atoms with van der Waals surface area (Å²) in [6.45, 7) is 4.86. The highest BCUT2D eigenvalue weighted by atomic mass is 19.1. The number of anilines is 1. The average molecular weight is 301 g/mol. The molecule has 0 atom stereocenters. The van der Waals surface area contributed by atoms with Crippen LogP contribution in [0.25, 0.3) is 0 Å². The standard InChI is InChI=1S/C18H20FNO2/c1-13(2)10-11-22-15-7-5-6-14(12-15)18(21)20-17-9-4-3-8-16(17)19/h3-9,12-13H,10-11H2,1-2H3,(H,20,21). The minimum Gasteiger partial charge on any atom is -0.494 e. The van der Waals surface area contributed by atoms with Gasteiger partial charge in [0.25, 0.3) is 5.91 Å². The first-order chi connectivity index (χ1) is 10.6. The maximum Gasteiger partial charge on any atom is 0.255 e. The molecule has 3 nitrogen and oxygen atoms in total. The Morgan fingerprint density at radius 1 is 1.18 bits per heavy atom. The molecule has 0 bridgehead atoms. The summed E-state index contributed by atoms with van der Waals surface area (Å²) in [5.41, 5.74) is 0.601. The largest absolute Gasteiger partial charge is 0.494 e. The van der Waals surface area contributed by atoms with Crippen molar-refractivity contribution in [1.29, 1.82) is 0 Å². The quantitative estimate of drug-likeness (QED) is 0.853. The van der Waals surface area contributed by atoms with Crippen LogP contribution in [-0.2, 0) is 0 Å². The van der Waals surface area contributed by atoms with Crippen LogP contribution in [0.3, 0.4) is 0 Å². The van der Waals surface area contributed by atoms with E-state index in [2.05, 4.69) is 19.2 Å². The third-order valence-electron chi connectivity index (χ3n) is 3.18. The third-order valence-corrected chi connectivity index (χ3v) is 3.18. The molecule has 2 aromatic carbocycles. The predicted octanol–water partition coefficient (Wildman–Crippen LogP) is 4.50. The van der Waals surface area contributed by atoms with Crippen molar-refractivity contribution in [2.24, 2.45) is 5.92 Å². The van der Waals surface area contributed by atoms with Gasteiger partial charge in [-0.15, -0.1) is 0 Å². The molecule has 0 fully saturated rings. The van der Waals surface area contributed by atoms with Gasteiger partial charge in [0, 0.05) is 5.56 Å². The Hall–Kier alpha value is -2.36. The van der Waals surface area contributed by atoms with Crippen molar-refractivity contribution in [3.05, 3.63) is 59.9 Å². The van der Waals surface area contributed by atoms with Crippen molar-refractivity contribution in [1.82, 2.24) is 0 Å². The summed E-state index contributed by atoms with van der Waals surface area (Å²) in [5, 5.41) is 2.56. The first kappa shape index (κ1) is 16.0. The summed E-state index contributed by atoms with van der Waals surface area (Å²) in [7, 11) is 0. The Labute approximate surface area is 130 Å². The van der Waals surface area contributed by atoms with Crippen LogP contribution in [0.2, 0.25) is 0 Å². The molecule has 0 saturated heterocycles. The van der Waals surface area contributed by atoms with Crippen LogP contribution in [0.1, 0.15) is 30.6 Å². The molecule has 116 valence electrons. The van der Waals surface area contributed by atoms with E-state index >= 15 is 0 Å². The molecule has 22 heavy (non-hydrogen) atoms. The van der Waals surface area contributed by atoms with Gasteiger partial charge in [-0.2, -0.15) is 0 Å². The zero-order valence-electron chi connectivity index (χ0n) is 12.8. The SMILES string of the molecule is CC(C)CCOc1cccc(C(=O)Nc2ccccc2F)c1. The number of halogens is 1. The number of nitrogens with one attached hydrogen (secondary N) is 1. The fraction of sp³-hybridized carbons (Fsp3) is 0.278. The van der Waals surface area contributed by atoms with Gasteiger partial charge in [-0.25, -0.2) is 4.39 Å². The van der Waals surface area contributed by atoms with Gasteiger partial charge >= 0.3 is 0 Å². The summed E-state index contributed by atoms with van der Waals surface area (Å²) < 4.78 is 19.2. The second-order valence-electron chi connectivity index (χ2n) is 5.49. The molecule has 0 aliphatic carbocycles. The van der Waals surface area contributed by atoms with E-state index in [0.717, 1.165) is 6.42 Å². The molecule has 1 N–H and O–H groups in total. The van der Waals surface area contributed by atoms with Crippen LogP contribution in [0, 0.1) is 11.7 Å². The molecule has 0 spiro atoms. The normalized spacial score (nSPS) is 10.5. The summed E-state index contributed by atoms with van der Waals surface area (Å²) >= 11 is 0. The maximum absolute atomic E-state index is 13.5. The molecule has 2 aromatic rings. The lowest BCUT2D eigenvalue weighted by molar-refractivity contribution is 0.102. The molecule has 0 unspecified atom stereocenters. The molecule has 0 aliphatic rings. The second-order valence-corrected chi connectivity index (χ2v) is 5.49. The molecular weight excluding hydrogens is 281 g/mol. The number of benzene rings is 2. The molecule has 2 rings (SSSR count). The van der Waals surface area contributed by atoms with E-state index in [1.165, 1.54) is 12.1 Å². The molecule has 0 aliphatic heterocycles. The number of hydrogen-bond acceptors (Lipinski definition) is 2. The van der Waals surface area contributed by atoms with Crippen molar-refractivity contribution >= 4 is 11.6 Å². The number of ether oxygens (including phenoxy) is 1. The van der Waals surface area contributed by atoms with Crippen molar-refractivity contribution in [3.8, 4) is 5.75 Å². The summed E-state index contributed by atoms with van der Waals surface area (Å²) in [5.74, 6) is 0.383. The van der Waals surface area contributed by atoms with Gasteiger partial charge in [0.05, 0.1) is 12.3 Å². The summed E-state index contributed by atoms with van der Waals surface area (Å²) in [6, 6.07) is 13.0. The topological polar surface area (TPSA) is 38.3 Å². The minimum absolute atomic E-state index is 0.165. The lowest BCUT2D eigenvalue weighted by atomic mass is 10.1. The highest BCUT2D eigenvalue weighted by molar-refractivity contribution is 6.04. The van der Waals surface area contributed by atoms with E-state index in [4.69, 9.17) is 4.74 Å². The van der Waals surface area contributed by atoms with E-state index in [9.17, 15) is 9.18 Å². The Kier molecular flexibility index (Phi) is 5.53. The highest BCUT2D eigenvalue weighted by Crippen LogP contribution is 2.17. The van der Waals surface area contributed by atoms with Gasteiger partial charge in [-0.05, 0) is 42.7 Å². The lowest BCUT2D eigenvalue weighted by Crippen LogP contribution is -2.13. The fourth-order valence-corrected chi connectivity index (χ4v) is 1.90. The number of carbonyl (C=O) groups excluding carboxylic acids is 1. The first-order valence-electron chi connectivity index (χ1n) is 7.35. The van der Waals surface area contributed by atoms with E-state index in [0.29, 0.717) is 23.8 Å². The first-order valence-corrected chi connectivity index (χ1v) is 7.35. The van der Waals surface area contributed by atoms with Crippen LogP contribution in [0.4, 0.5) is 10.1 Å². The molecular formula is C18H20FNO2. The van der Waals surface area contributed by atoms with Crippen LogP contribution in [-0.4, -0.2) is 12.5 Å². The summed E-state index contributed by atoms with van der Waals surface area (Å²) in [4.78, 5) is 12.2. The monoisotopic (exact) mass is 301 g/mol. The van der Waals surface area contributed by atoms with Crippen molar-refractivity contribution < 1.29 is 13.9 Å². The van der Waals surface area contributed by atoms with Crippen LogP contribution in [0.5, 0.6) is 5.75 Å². The number of rotatable bonds is 6. The molecule has 0 saturated carbocycles. The van der Waals surface area contributed by atoms with Gasteiger partial charge in [-0.3, -0.25) is 4.79 Å². The molecule has 0 aromatic heterocycles. The van der Waals surface area contributed by atoms with Gasteiger partial charge < -0.3 is 10.1 Å². The van der Waals surface area contributed by atoms with E-state index in [-0.39, 0.29) is 11.6 Å². The van der Waals surface area contributed by atoms with Crippen LogP contribution >= 0.6 is 0 Å². The van der Waals surface area contributed by atoms with Gasteiger partial charge in [0.2, 0.25) is 0 Å². The van der Waals surface area contributed by atoms with Crippen LogP contribution in [0.15, 0.2) is 48.5 Å². The maximum atomic E-state index is 13.5. The van der Waals surface area contributed by atoms with Crippen molar-refractivity contribution in [2.75, 3.05) is 11.9 Å². The molecule has 1 amide bonds. The third kappa shape index (κ3) is 4.58. The molecule has 0 radical (unpaired) electrons. The zero-order valence-corrected chi connectivity index (χ0v) is 12.8. The zero-order chi connectivity index (χ0) is 15.9. The minimum atomic E-state index is -0.458. The average Bonchev–Trinajstić information content (AvgIpc) is 2.49. The Morgan fingerprint density at radius 2 is 1.95 bits per heavy atom. The summed E-state index contributed by atoms with van der Waals surface area (Å²) in [6.07, 6.45) is 0.950. The number of carbonyl (C=O) groups is 1. The van der Waals surface area contributed by atoms with Gasteiger partial charge in [0.15, 0.2) is 0 Å². The Balaban J connectivity index is 2.02. The van der Waals surface area contributed by atoms with E-state index in [1.54, 1.807) is 36.4 Å². The van der Waals surface area contributed by atoms with Crippen molar-refractivity contribution in [2.45, 2.75) is 20.3 Å². The van der Waals surface area contributed by atoms with Crippen molar-refractivity contribution in [3.63, 3.8) is 0 Å². The number of amides is 1. The van der Waals surface area contributed by atoms with E-state index < -0.39 is 5.82 Å². The Morgan fingerprint density at radius 3 is 2.68 bits per heavy atom. The Bertz CT molecular complexity index is 640. The highest BCUT2D eigenvalue weighted by Gasteiger charge is 2.09. The fourth-order valence-electron chi connectivity index (χ4n) is 1.90. The van der Waals surface area contributed by atoms with Gasteiger partial charge in [-0.1, -0.05) is 32.0 Å². The number of hydrogen-bond donors (Lipinski definition) is 1. The number of para-hydroxylation sites is 1. The smallest absolute Gasteiger partial charge is 0.255 e. The molecule has 0 heterocycles. The predicted molar refractivity (Wildman–Crippen MR) is 85.7 cm³/mol.